The summed E-state index contributed by atoms with van der Waals surface area (Å²) in [6, 6.07) is 2.38. The first-order chi connectivity index (χ1) is 6.69. The average molecular weight is 198 g/mol. The van der Waals surface area contributed by atoms with Crippen molar-refractivity contribution in [2.24, 2.45) is 0 Å². The highest BCUT2D eigenvalue weighted by molar-refractivity contribution is 5.51. The Morgan fingerprint density at radius 3 is 2.86 bits per heavy atom. The van der Waals surface area contributed by atoms with Crippen molar-refractivity contribution in [1.82, 2.24) is 0 Å². The van der Waals surface area contributed by atoms with Crippen molar-refractivity contribution in [3.8, 4) is 11.5 Å². The van der Waals surface area contributed by atoms with Crippen molar-refractivity contribution in [1.29, 1.82) is 0 Å². The Kier molecular flexibility index (Phi) is 3.45. The third kappa shape index (κ3) is 2.22. The maximum absolute atomic E-state index is 13.2. The number of hydrogen-bond donors (Lipinski definition) is 1. The summed E-state index contributed by atoms with van der Waals surface area (Å²) in [4.78, 5) is 10.1. The number of phenols is 1. The highest BCUT2D eigenvalue weighted by Crippen LogP contribution is 2.28. The first kappa shape index (κ1) is 10.5. The molecule has 4 heteroatoms. The van der Waals surface area contributed by atoms with Crippen LogP contribution in [0.4, 0.5) is 4.39 Å². The topological polar surface area (TPSA) is 46.5 Å². The zero-order chi connectivity index (χ0) is 10.6. The molecule has 0 aliphatic rings. The highest BCUT2D eigenvalue weighted by Gasteiger charge is 2.08. The van der Waals surface area contributed by atoms with Crippen molar-refractivity contribution in [3.63, 3.8) is 0 Å². The average Bonchev–Trinajstić information content (AvgIpc) is 2.18. The molecule has 76 valence electrons. The maximum Gasteiger partial charge on any atom is 0.163 e. The van der Waals surface area contributed by atoms with E-state index in [-0.39, 0.29) is 24.3 Å². The summed E-state index contributed by atoms with van der Waals surface area (Å²) in [5.74, 6) is -0.492. The summed E-state index contributed by atoms with van der Waals surface area (Å²) in [5, 5.41) is 9.34. The first-order valence-electron chi connectivity index (χ1n) is 4.18. The zero-order valence-corrected chi connectivity index (χ0v) is 7.79. The molecule has 0 radical (unpaired) electrons. The molecule has 0 fully saturated rings. The van der Waals surface area contributed by atoms with Gasteiger partial charge in [-0.25, -0.2) is 4.39 Å². The molecule has 0 saturated heterocycles. The van der Waals surface area contributed by atoms with Gasteiger partial charge in [0.1, 0.15) is 12.1 Å². The van der Waals surface area contributed by atoms with Gasteiger partial charge in [-0.1, -0.05) is 0 Å². The molecular weight excluding hydrogens is 187 g/mol. The molecule has 0 saturated carbocycles. The van der Waals surface area contributed by atoms with Crippen LogP contribution in [0.25, 0.3) is 0 Å². The van der Waals surface area contributed by atoms with Crippen LogP contribution in [-0.4, -0.2) is 18.5 Å². The van der Waals surface area contributed by atoms with E-state index in [1.807, 2.05) is 0 Å². The molecule has 1 aromatic rings. The molecule has 1 N–H and O–H groups in total. The van der Waals surface area contributed by atoms with E-state index in [0.29, 0.717) is 11.8 Å². The summed E-state index contributed by atoms with van der Waals surface area (Å²) in [7, 11) is 1.35. The monoisotopic (exact) mass is 198 g/mol. The van der Waals surface area contributed by atoms with E-state index < -0.39 is 5.82 Å². The molecule has 0 aromatic heterocycles. The molecule has 1 aromatic carbocycles. The third-order valence-electron chi connectivity index (χ3n) is 1.88. The molecular formula is C10H11FO3. The largest absolute Gasteiger partial charge is 0.504 e. The lowest BCUT2D eigenvalue weighted by Crippen LogP contribution is -1.93. The van der Waals surface area contributed by atoms with Crippen LogP contribution < -0.4 is 4.74 Å². The Labute approximate surface area is 81.1 Å². The lowest BCUT2D eigenvalue weighted by molar-refractivity contribution is -0.107. The van der Waals surface area contributed by atoms with E-state index >= 15 is 0 Å². The van der Waals surface area contributed by atoms with Gasteiger partial charge in [-0.2, -0.15) is 0 Å². The van der Waals surface area contributed by atoms with Crippen LogP contribution in [0.15, 0.2) is 12.1 Å². The minimum atomic E-state index is -0.471. The van der Waals surface area contributed by atoms with Crippen LogP contribution in [0, 0.1) is 5.82 Å². The Hall–Kier alpha value is -1.58. The van der Waals surface area contributed by atoms with Crippen LogP contribution >= 0.6 is 0 Å². The number of aldehydes is 1. The van der Waals surface area contributed by atoms with Crippen molar-refractivity contribution in [3.05, 3.63) is 23.5 Å². The van der Waals surface area contributed by atoms with Crippen LogP contribution in [0.2, 0.25) is 0 Å². The van der Waals surface area contributed by atoms with Gasteiger partial charge in [0.2, 0.25) is 0 Å². The van der Waals surface area contributed by atoms with Gasteiger partial charge < -0.3 is 14.6 Å². The number of halogens is 1. The fraction of sp³-hybridized carbons (Fsp3) is 0.300. The highest BCUT2D eigenvalue weighted by atomic mass is 19.1. The molecule has 1 rings (SSSR count). The van der Waals surface area contributed by atoms with Crippen LogP contribution in [0.1, 0.15) is 12.0 Å². The van der Waals surface area contributed by atoms with Gasteiger partial charge in [0.25, 0.3) is 0 Å². The second-order valence-corrected chi connectivity index (χ2v) is 2.82. The van der Waals surface area contributed by atoms with E-state index in [4.69, 9.17) is 4.74 Å². The quantitative estimate of drug-likeness (QED) is 0.748. The summed E-state index contributed by atoms with van der Waals surface area (Å²) in [5.41, 5.74) is 0.315. The Bertz CT molecular complexity index is 336. The second-order valence-electron chi connectivity index (χ2n) is 2.82. The molecule has 0 aliphatic carbocycles. The first-order valence-corrected chi connectivity index (χ1v) is 4.18. The van der Waals surface area contributed by atoms with Crippen molar-refractivity contribution in [2.75, 3.05) is 7.11 Å². The van der Waals surface area contributed by atoms with Gasteiger partial charge in [0.05, 0.1) is 7.11 Å². The molecule has 0 atom stereocenters. The number of aromatic hydroxyl groups is 1. The Morgan fingerprint density at radius 2 is 2.29 bits per heavy atom. The predicted octanol–water partition coefficient (Wildman–Crippen LogP) is 1.67. The fourth-order valence-electron chi connectivity index (χ4n) is 1.16. The van der Waals surface area contributed by atoms with E-state index in [2.05, 4.69) is 0 Å². The predicted molar refractivity (Wildman–Crippen MR) is 49.0 cm³/mol. The number of carbonyl (C=O) groups is 1. The van der Waals surface area contributed by atoms with Gasteiger partial charge in [0, 0.05) is 12.5 Å². The molecule has 0 bridgehead atoms. The van der Waals surface area contributed by atoms with Crippen molar-refractivity contribution in [2.45, 2.75) is 12.8 Å². The molecule has 0 heterocycles. The number of ether oxygens (including phenoxy) is 1. The summed E-state index contributed by atoms with van der Waals surface area (Å²) in [6.07, 6.45) is 1.23. The smallest absolute Gasteiger partial charge is 0.163 e. The number of aryl methyl sites for hydroxylation is 1. The minimum absolute atomic E-state index is 0.0948. The molecule has 0 unspecified atom stereocenters. The van der Waals surface area contributed by atoms with Crippen molar-refractivity contribution < 1.29 is 19.0 Å². The molecule has 0 spiro atoms. The molecule has 3 nitrogen and oxygen atoms in total. The van der Waals surface area contributed by atoms with Gasteiger partial charge >= 0.3 is 0 Å². The lowest BCUT2D eigenvalue weighted by atomic mass is 10.1. The van der Waals surface area contributed by atoms with E-state index in [1.54, 1.807) is 0 Å². The Morgan fingerprint density at radius 1 is 1.57 bits per heavy atom. The van der Waals surface area contributed by atoms with Crippen molar-refractivity contribution >= 4 is 6.29 Å². The van der Waals surface area contributed by atoms with Crippen LogP contribution in [0.3, 0.4) is 0 Å². The zero-order valence-electron chi connectivity index (χ0n) is 7.79. The number of rotatable bonds is 4. The molecule has 14 heavy (non-hydrogen) atoms. The number of carbonyl (C=O) groups excluding carboxylic acids is 1. The molecule has 0 aliphatic heterocycles. The lowest BCUT2D eigenvalue weighted by Gasteiger charge is -2.06. The van der Waals surface area contributed by atoms with E-state index in [0.717, 1.165) is 6.07 Å². The van der Waals surface area contributed by atoms with Gasteiger partial charge in [0.15, 0.2) is 11.5 Å². The second kappa shape index (κ2) is 4.60. The number of hydrogen-bond acceptors (Lipinski definition) is 3. The van der Waals surface area contributed by atoms with Gasteiger partial charge in [-0.3, -0.25) is 0 Å². The standard InChI is InChI=1S/C10H11FO3/c1-14-10-6-8(11)7(3-2-4-12)5-9(10)13/h4-6,13H,2-3H2,1H3. The van der Waals surface area contributed by atoms with Crippen LogP contribution in [-0.2, 0) is 11.2 Å². The van der Waals surface area contributed by atoms with Gasteiger partial charge in [-0.05, 0) is 18.1 Å². The SMILES string of the molecule is COc1cc(F)c(CCC=O)cc1O. The Balaban J connectivity index is 2.96. The van der Waals surface area contributed by atoms with Gasteiger partial charge in [-0.15, -0.1) is 0 Å². The number of methoxy groups -OCH3 is 1. The molecule has 0 amide bonds. The maximum atomic E-state index is 13.2. The summed E-state index contributed by atoms with van der Waals surface area (Å²) in [6.45, 7) is 0. The minimum Gasteiger partial charge on any atom is -0.504 e. The number of phenolic OH excluding ortho intramolecular Hbond substituents is 1. The number of benzene rings is 1. The summed E-state index contributed by atoms with van der Waals surface area (Å²) >= 11 is 0. The fourth-order valence-corrected chi connectivity index (χ4v) is 1.16. The third-order valence-corrected chi connectivity index (χ3v) is 1.88. The van der Waals surface area contributed by atoms with E-state index in [1.165, 1.54) is 13.2 Å². The van der Waals surface area contributed by atoms with E-state index in [9.17, 15) is 14.3 Å². The normalized spacial score (nSPS) is 9.86. The van der Waals surface area contributed by atoms with Crippen LogP contribution in [0.5, 0.6) is 11.5 Å². The summed E-state index contributed by atoms with van der Waals surface area (Å²) < 4.78 is 18.0.